The molecular weight excluding hydrogens is 168 g/mol. The van der Waals surface area contributed by atoms with E-state index in [0.29, 0.717) is 10.8 Å². The highest BCUT2D eigenvalue weighted by atomic mass is 14.5. The molecule has 1 aliphatic rings. The van der Waals surface area contributed by atoms with Gasteiger partial charge in [-0.2, -0.15) is 0 Å². The summed E-state index contributed by atoms with van der Waals surface area (Å²) < 4.78 is 0. The highest BCUT2D eigenvalue weighted by Gasteiger charge is 2.43. The van der Waals surface area contributed by atoms with Gasteiger partial charge in [0.25, 0.3) is 0 Å². The Balaban J connectivity index is 2.89. The average molecular weight is 196 g/mol. The van der Waals surface area contributed by atoms with Crippen molar-refractivity contribution in [3.63, 3.8) is 0 Å². The van der Waals surface area contributed by atoms with Crippen LogP contribution in [0.4, 0.5) is 0 Å². The highest BCUT2D eigenvalue weighted by Crippen LogP contribution is 2.53. The zero-order valence-corrected chi connectivity index (χ0v) is 10.8. The minimum atomic E-state index is 0.478. The van der Waals surface area contributed by atoms with E-state index in [0.717, 1.165) is 5.92 Å². The maximum atomic E-state index is 2.44. The summed E-state index contributed by atoms with van der Waals surface area (Å²) in [5.74, 6) is 0.834. The fourth-order valence-electron chi connectivity index (χ4n) is 3.55. The Bertz CT molecular complexity index is 163. The molecule has 14 heavy (non-hydrogen) atoms. The molecule has 1 aliphatic carbocycles. The van der Waals surface area contributed by atoms with E-state index >= 15 is 0 Å². The Hall–Kier alpha value is 0. The SMILES string of the molecule is CC(C)C1(C(C)(C)C)CCCCCC1. The van der Waals surface area contributed by atoms with Crippen molar-refractivity contribution >= 4 is 0 Å². The lowest BCUT2D eigenvalue weighted by atomic mass is 9.57. The first-order valence-corrected chi connectivity index (χ1v) is 6.40. The molecule has 0 aromatic heterocycles. The zero-order valence-electron chi connectivity index (χ0n) is 10.8. The monoisotopic (exact) mass is 196 g/mol. The van der Waals surface area contributed by atoms with Gasteiger partial charge >= 0.3 is 0 Å². The zero-order chi connectivity index (χ0) is 10.8. The summed E-state index contributed by atoms with van der Waals surface area (Å²) in [7, 11) is 0. The van der Waals surface area contributed by atoms with E-state index in [4.69, 9.17) is 0 Å². The van der Waals surface area contributed by atoms with Crippen molar-refractivity contribution in [2.75, 3.05) is 0 Å². The Morgan fingerprint density at radius 3 is 1.57 bits per heavy atom. The first-order chi connectivity index (χ1) is 6.40. The molecular formula is C14H28. The van der Waals surface area contributed by atoms with Gasteiger partial charge in [-0.3, -0.25) is 0 Å². The topological polar surface area (TPSA) is 0 Å². The largest absolute Gasteiger partial charge is 0.0622 e. The second-order valence-corrected chi connectivity index (χ2v) is 6.48. The van der Waals surface area contributed by atoms with Crippen LogP contribution in [-0.2, 0) is 0 Å². The molecule has 84 valence electrons. The second kappa shape index (κ2) is 4.24. The molecule has 0 aromatic rings. The molecule has 0 radical (unpaired) electrons. The molecule has 0 aliphatic heterocycles. The van der Waals surface area contributed by atoms with Crippen molar-refractivity contribution in [3.8, 4) is 0 Å². The fraction of sp³-hybridized carbons (Fsp3) is 1.00. The molecule has 0 saturated heterocycles. The molecule has 0 spiro atoms. The van der Waals surface area contributed by atoms with Crippen molar-refractivity contribution in [1.29, 1.82) is 0 Å². The molecule has 0 heterocycles. The lowest BCUT2D eigenvalue weighted by molar-refractivity contribution is 0.0133. The van der Waals surface area contributed by atoms with Gasteiger partial charge in [0.2, 0.25) is 0 Å². The van der Waals surface area contributed by atoms with Crippen molar-refractivity contribution in [1.82, 2.24) is 0 Å². The van der Waals surface area contributed by atoms with Gasteiger partial charge in [0, 0.05) is 0 Å². The van der Waals surface area contributed by atoms with Crippen LogP contribution in [0, 0.1) is 16.7 Å². The summed E-state index contributed by atoms with van der Waals surface area (Å²) in [6, 6.07) is 0. The molecule has 0 nitrogen and oxygen atoms in total. The van der Waals surface area contributed by atoms with Gasteiger partial charge in [0.15, 0.2) is 0 Å². The molecule has 0 N–H and O–H groups in total. The van der Waals surface area contributed by atoms with Crippen LogP contribution in [0.25, 0.3) is 0 Å². The van der Waals surface area contributed by atoms with Crippen LogP contribution in [0.3, 0.4) is 0 Å². The van der Waals surface area contributed by atoms with Crippen molar-refractivity contribution in [2.24, 2.45) is 16.7 Å². The maximum Gasteiger partial charge on any atom is -0.0226 e. The quantitative estimate of drug-likeness (QED) is 0.516. The van der Waals surface area contributed by atoms with E-state index in [2.05, 4.69) is 34.6 Å². The third kappa shape index (κ3) is 2.15. The molecule has 1 saturated carbocycles. The summed E-state index contributed by atoms with van der Waals surface area (Å²) in [6.07, 6.45) is 8.74. The Morgan fingerprint density at radius 2 is 1.29 bits per heavy atom. The van der Waals surface area contributed by atoms with Gasteiger partial charge in [0.05, 0.1) is 0 Å². The van der Waals surface area contributed by atoms with Crippen LogP contribution in [0.5, 0.6) is 0 Å². The van der Waals surface area contributed by atoms with E-state index in [-0.39, 0.29) is 0 Å². The van der Waals surface area contributed by atoms with Gasteiger partial charge in [-0.25, -0.2) is 0 Å². The first-order valence-electron chi connectivity index (χ1n) is 6.40. The molecule has 1 fully saturated rings. The Kier molecular flexibility index (Phi) is 3.66. The number of hydrogen-bond acceptors (Lipinski definition) is 0. The minimum Gasteiger partial charge on any atom is -0.0622 e. The minimum absolute atomic E-state index is 0.478. The first kappa shape index (κ1) is 12.1. The summed E-state index contributed by atoms with van der Waals surface area (Å²) in [4.78, 5) is 0. The predicted octanol–water partition coefficient (Wildman–Crippen LogP) is 5.03. The van der Waals surface area contributed by atoms with Crippen molar-refractivity contribution in [3.05, 3.63) is 0 Å². The van der Waals surface area contributed by atoms with Gasteiger partial charge < -0.3 is 0 Å². The molecule has 0 aromatic carbocycles. The third-order valence-electron chi connectivity index (χ3n) is 4.59. The Labute approximate surface area is 90.5 Å². The Morgan fingerprint density at radius 1 is 0.857 bits per heavy atom. The van der Waals surface area contributed by atoms with Crippen LogP contribution < -0.4 is 0 Å². The van der Waals surface area contributed by atoms with Gasteiger partial charge in [-0.05, 0) is 29.6 Å². The van der Waals surface area contributed by atoms with Crippen LogP contribution >= 0.6 is 0 Å². The smallest absolute Gasteiger partial charge is 0.0226 e. The fourth-order valence-corrected chi connectivity index (χ4v) is 3.55. The van der Waals surface area contributed by atoms with Crippen molar-refractivity contribution in [2.45, 2.75) is 73.1 Å². The van der Waals surface area contributed by atoms with E-state index in [1.807, 2.05) is 0 Å². The molecule has 0 bridgehead atoms. The average Bonchev–Trinajstić information content (AvgIpc) is 2.26. The summed E-state index contributed by atoms with van der Waals surface area (Å²) in [6.45, 7) is 12.2. The lowest BCUT2D eigenvalue weighted by Crippen LogP contribution is -2.40. The highest BCUT2D eigenvalue weighted by molar-refractivity contribution is 4.93. The van der Waals surface area contributed by atoms with E-state index in [1.54, 1.807) is 0 Å². The molecule has 0 atom stereocenters. The molecule has 0 heteroatoms. The van der Waals surface area contributed by atoms with Crippen LogP contribution in [0.1, 0.15) is 73.1 Å². The van der Waals surface area contributed by atoms with Crippen molar-refractivity contribution < 1.29 is 0 Å². The molecule has 0 amide bonds. The third-order valence-corrected chi connectivity index (χ3v) is 4.59. The maximum absolute atomic E-state index is 2.44. The van der Waals surface area contributed by atoms with E-state index in [9.17, 15) is 0 Å². The summed E-state index contributed by atoms with van der Waals surface area (Å²) in [5, 5.41) is 0. The summed E-state index contributed by atoms with van der Waals surface area (Å²) >= 11 is 0. The van der Waals surface area contributed by atoms with Crippen LogP contribution in [0.2, 0.25) is 0 Å². The second-order valence-electron chi connectivity index (χ2n) is 6.48. The predicted molar refractivity (Wildman–Crippen MR) is 64.4 cm³/mol. The van der Waals surface area contributed by atoms with Crippen LogP contribution in [0.15, 0.2) is 0 Å². The van der Waals surface area contributed by atoms with Gasteiger partial charge in [-0.1, -0.05) is 60.3 Å². The number of rotatable bonds is 1. The van der Waals surface area contributed by atoms with E-state index < -0.39 is 0 Å². The standard InChI is InChI=1S/C14H28/c1-12(2)14(13(3,4)5)10-8-6-7-9-11-14/h12H,6-11H2,1-5H3. The molecule has 0 unspecified atom stereocenters. The molecule has 1 rings (SSSR count). The summed E-state index contributed by atoms with van der Waals surface area (Å²) in [5.41, 5.74) is 1.08. The lowest BCUT2D eigenvalue weighted by Gasteiger charge is -2.48. The number of hydrogen-bond donors (Lipinski definition) is 0. The van der Waals surface area contributed by atoms with Gasteiger partial charge in [0.1, 0.15) is 0 Å². The van der Waals surface area contributed by atoms with Crippen LogP contribution in [-0.4, -0.2) is 0 Å². The van der Waals surface area contributed by atoms with E-state index in [1.165, 1.54) is 38.5 Å². The normalized spacial score (nSPS) is 23.6. The van der Waals surface area contributed by atoms with Gasteiger partial charge in [-0.15, -0.1) is 0 Å².